The van der Waals surface area contributed by atoms with Crippen molar-refractivity contribution in [3.63, 3.8) is 0 Å². The Balaban J connectivity index is 0.00000225. The van der Waals surface area contributed by atoms with Crippen molar-refractivity contribution >= 4 is 24.3 Å². The minimum Gasteiger partial charge on any atom is -0.467 e. The van der Waals surface area contributed by atoms with E-state index in [0.717, 1.165) is 25.8 Å². The summed E-state index contributed by atoms with van der Waals surface area (Å²) in [6, 6.07) is -0.739. The molecule has 2 N–H and O–H groups in total. The molecule has 0 aromatic carbocycles. The van der Waals surface area contributed by atoms with Crippen molar-refractivity contribution in [2.45, 2.75) is 38.3 Å². The highest BCUT2D eigenvalue weighted by molar-refractivity contribution is 5.87. The highest BCUT2D eigenvalue weighted by atomic mass is 35.5. The molecule has 0 aromatic heterocycles. The van der Waals surface area contributed by atoms with Gasteiger partial charge < -0.3 is 15.4 Å². The van der Waals surface area contributed by atoms with Gasteiger partial charge in [0.05, 0.1) is 13.2 Å². The Morgan fingerprint density at radius 3 is 2.62 bits per heavy atom. The van der Waals surface area contributed by atoms with Gasteiger partial charge in [-0.3, -0.25) is 4.79 Å². The summed E-state index contributed by atoms with van der Waals surface area (Å²) in [5.41, 5.74) is 0. The topological polar surface area (TPSA) is 67.4 Å². The number of methoxy groups -OCH3 is 1. The smallest absolute Gasteiger partial charge is 0.328 e. The molecule has 1 amide bonds. The van der Waals surface area contributed by atoms with Gasteiger partial charge >= 0.3 is 5.97 Å². The molecule has 1 aliphatic heterocycles. The third-order valence-electron chi connectivity index (χ3n) is 2.54. The number of hydrogen-bond donors (Lipinski definition) is 2. The van der Waals surface area contributed by atoms with Crippen molar-refractivity contribution in [2.75, 3.05) is 13.7 Å². The van der Waals surface area contributed by atoms with E-state index in [-0.39, 0.29) is 24.4 Å². The third-order valence-corrected chi connectivity index (χ3v) is 2.54. The molecule has 0 radical (unpaired) electrons. The zero-order valence-electron chi connectivity index (χ0n) is 9.62. The summed E-state index contributed by atoms with van der Waals surface area (Å²) in [6.45, 7) is 2.48. The summed E-state index contributed by atoms with van der Waals surface area (Å²) in [4.78, 5) is 22.7. The van der Waals surface area contributed by atoms with Crippen LogP contribution in [0.4, 0.5) is 0 Å². The van der Waals surface area contributed by atoms with Crippen LogP contribution >= 0.6 is 12.4 Å². The van der Waals surface area contributed by atoms with E-state index >= 15 is 0 Å². The largest absolute Gasteiger partial charge is 0.467 e. The third kappa shape index (κ3) is 4.37. The second-order valence-corrected chi connectivity index (χ2v) is 3.76. The lowest BCUT2D eigenvalue weighted by atomic mass is 10.0. The molecule has 6 heteroatoms. The number of nitrogens with one attached hydrogen (secondary N) is 2. The fourth-order valence-corrected chi connectivity index (χ4v) is 1.63. The van der Waals surface area contributed by atoms with E-state index in [2.05, 4.69) is 15.4 Å². The predicted molar refractivity (Wildman–Crippen MR) is 62.5 cm³/mol. The number of carbonyl (C=O) groups is 2. The highest BCUT2D eigenvalue weighted by Crippen LogP contribution is 2.07. The standard InChI is InChI=1S/C10H18N2O3.ClH/c1-7(10(14)15-2)12-9(13)8-5-3-4-6-11-8;/h7-8,11H,3-6H2,1-2H3,(H,12,13);1H/t7-,8+;/m1./s1. The zero-order chi connectivity index (χ0) is 11.3. The van der Waals surface area contributed by atoms with Crippen LogP contribution in [0.2, 0.25) is 0 Å². The number of ether oxygens (including phenoxy) is 1. The lowest BCUT2D eigenvalue weighted by Gasteiger charge is -2.23. The molecule has 0 unspecified atom stereocenters. The number of esters is 1. The van der Waals surface area contributed by atoms with E-state index < -0.39 is 12.0 Å². The normalized spacial score (nSPS) is 21.5. The number of hydrogen-bond acceptors (Lipinski definition) is 4. The fourth-order valence-electron chi connectivity index (χ4n) is 1.63. The van der Waals surface area contributed by atoms with E-state index in [4.69, 9.17) is 0 Å². The van der Waals surface area contributed by atoms with Crippen molar-refractivity contribution < 1.29 is 14.3 Å². The van der Waals surface area contributed by atoms with Crippen LogP contribution in [-0.2, 0) is 14.3 Å². The number of amides is 1. The first-order valence-electron chi connectivity index (χ1n) is 5.26. The van der Waals surface area contributed by atoms with Gasteiger partial charge in [-0.05, 0) is 26.3 Å². The van der Waals surface area contributed by atoms with Gasteiger partial charge in [0, 0.05) is 0 Å². The first-order valence-corrected chi connectivity index (χ1v) is 5.26. The maximum atomic E-state index is 11.6. The molecular weight excluding hydrogens is 232 g/mol. The van der Waals surface area contributed by atoms with E-state index in [1.807, 2.05) is 0 Å². The molecule has 1 heterocycles. The summed E-state index contributed by atoms with van der Waals surface area (Å²) < 4.78 is 4.53. The van der Waals surface area contributed by atoms with Crippen molar-refractivity contribution in [2.24, 2.45) is 0 Å². The molecule has 0 spiro atoms. The molecule has 0 bridgehead atoms. The molecule has 94 valence electrons. The molecule has 16 heavy (non-hydrogen) atoms. The lowest BCUT2D eigenvalue weighted by molar-refractivity contribution is -0.144. The Hall–Kier alpha value is -0.810. The van der Waals surface area contributed by atoms with Gasteiger partial charge in [-0.1, -0.05) is 6.42 Å². The quantitative estimate of drug-likeness (QED) is 0.704. The van der Waals surface area contributed by atoms with Gasteiger partial charge in [0.25, 0.3) is 0 Å². The first-order chi connectivity index (χ1) is 7.15. The monoisotopic (exact) mass is 250 g/mol. The van der Waals surface area contributed by atoms with Gasteiger partial charge in [0.2, 0.25) is 5.91 Å². The van der Waals surface area contributed by atoms with Crippen LogP contribution in [-0.4, -0.2) is 37.6 Å². The average Bonchev–Trinajstić information content (AvgIpc) is 2.29. The Bertz CT molecular complexity index is 242. The number of halogens is 1. The molecule has 1 rings (SSSR count). The van der Waals surface area contributed by atoms with Crippen LogP contribution in [0.15, 0.2) is 0 Å². The summed E-state index contributed by atoms with van der Waals surface area (Å²) >= 11 is 0. The first kappa shape index (κ1) is 15.2. The molecule has 0 saturated carbocycles. The predicted octanol–water partition coefficient (Wildman–Crippen LogP) is 0.228. The second-order valence-electron chi connectivity index (χ2n) is 3.76. The summed E-state index contributed by atoms with van der Waals surface area (Å²) in [5, 5.41) is 5.74. The number of rotatable bonds is 3. The van der Waals surface area contributed by atoms with E-state index in [1.54, 1.807) is 6.92 Å². The summed E-state index contributed by atoms with van der Waals surface area (Å²) in [7, 11) is 1.31. The van der Waals surface area contributed by atoms with Crippen LogP contribution in [0.3, 0.4) is 0 Å². The molecule has 2 atom stereocenters. The van der Waals surface area contributed by atoms with Crippen molar-refractivity contribution in [1.29, 1.82) is 0 Å². The van der Waals surface area contributed by atoms with Crippen LogP contribution in [0.25, 0.3) is 0 Å². The number of carbonyl (C=O) groups excluding carboxylic acids is 2. The van der Waals surface area contributed by atoms with Crippen molar-refractivity contribution in [3.8, 4) is 0 Å². The maximum Gasteiger partial charge on any atom is 0.328 e. The Morgan fingerprint density at radius 2 is 2.12 bits per heavy atom. The van der Waals surface area contributed by atoms with Gasteiger partial charge in [0.1, 0.15) is 6.04 Å². The molecule has 1 aliphatic rings. The van der Waals surface area contributed by atoms with Crippen molar-refractivity contribution in [1.82, 2.24) is 10.6 Å². The minimum atomic E-state index is -0.578. The van der Waals surface area contributed by atoms with Gasteiger partial charge in [-0.2, -0.15) is 0 Å². The fraction of sp³-hybridized carbons (Fsp3) is 0.800. The molecule has 5 nitrogen and oxygen atoms in total. The van der Waals surface area contributed by atoms with Crippen LogP contribution in [0, 0.1) is 0 Å². The summed E-state index contributed by atoms with van der Waals surface area (Å²) in [6.07, 6.45) is 2.99. The Kier molecular flexibility index (Phi) is 7.08. The molecular formula is C10H19ClN2O3. The molecule has 0 aromatic rings. The zero-order valence-corrected chi connectivity index (χ0v) is 10.4. The van der Waals surface area contributed by atoms with Gasteiger partial charge in [-0.15, -0.1) is 12.4 Å². The van der Waals surface area contributed by atoms with E-state index in [9.17, 15) is 9.59 Å². The Labute approximate surface area is 102 Å². The second kappa shape index (κ2) is 7.46. The Morgan fingerprint density at radius 1 is 1.44 bits per heavy atom. The van der Waals surface area contributed by atoms with Gasteiger partial charge in [0.15, 0.2) is 0 Å². The summed E-state index contributed by atoms with van der Waals surface area (Å²) in [5.74, 6) is -0.535. The molecule has 1 fully saturated rings. The maximum absolute atomic E-state index is 11.6. The van der Waals surface area contributed by atoms with Crippen molar-refractivity contribution in [3.05, 3.63) is 0 Å². The van der Waals surface area contributed by atoms with Crippen LogP contribution < -0.4 is 10.6 Å². The minimum absolute atomic E-state index is 0. The molecule has 0 aliphatic carbocycles. The average molecular weight is 251 g/mol. The van der Waals surface area contributed by atoms with E-state index in [0.29, 0.717) is 0 Å². The SMILES string of the molecule is COC(=O)[C@@H](C)NC(=O)[C@@H]1CCCCN1.Cl. The van der Waals surface area contributed by atoms with Crippen LogP contribution in [0.5, 0.6) is 0 Å². The highest BCUT2D eigenvalue weighted by Gasteiger charge is 2.23. The molecule has 1 saturated heterocycles. The number of piperidine rings is 1. The lowest BCUT2D eigenvalue weighted by Crippen LogP contribution is -2.50. The van der Waals surface area contributed by atoms with Crippen LogP contribution in [0.1, 0.15) is 26.2 Å². The van der Waals surface area contributed by atoms with E-state index in [1.165, 1.54) is 7.11 Å². The van der Waals surface area contributed by atoms with Gasteiger partial charge in [-0.25, -0.2) is 4.79 Å².